The Morgan fingerprint density at radius 3 is 2.31 bits per heavy atom. The molecule has 2 saturated heterocycles. The van der Waals surface area contributed by atoms with Crippen molar-refractivity contribution in [2.24, 2.45) is 4.99 Å². The van der Waals surface area contributed by atoms with Crippen molar-refractivity contribution in [3.63, 3.8) is 0 Å². The normalized spacial score (nSPS) is 24.4. The summed E-state index contributed by atoms with van der Waals surface area (Å²) in [7, 11) is 1.82. The maximum Gasteiger partial charge on any atom is 0.191 e. The van der Waals surface area contributed by atoms with Gasteiger partial charge in [-0.15, -0.1) is 0 Å². The van der Waals surface area contributed by atoms with Crippen molar-refractivity contribution in [2.45, 2.75) is 39.1 Å². The van der Waals surface area contributed by atoms with Gasteiger partial charge in [-0.05, 0) is 25.0 Å². The summed E-state index contributed by atoms with van der Waals surface area (Å²) in [5.74, 6) is 0.846. The lowest BCUT2D eigenvalue weighted by molar-refractivity contribution is -0.0704. The number of benzene rings is 1. The van der Waals surface area contributed by atoms with Gasteiger partial charge in [0.15, 0.2) is 5.96 Å². The van der Waals surface area contributed by atoms with Crippen molar-refractivity contribution >= 4 is 5.96 Å². The van der Waals surface area contributed by atoms with Crippen LogP contribution in [0.2, 0.25) is 0 Å². The first kappa shape index (κ1) is 22.0. The molecule has 2 aliphatic heterocycles. The summed E-state index contributed by atoms with van der Waals surface area (Å²) >= 11 is 0. The number of morpholine rings is 2. The van der Waals surface area contributed by atoms with Crippen LogP contribution in [0.5, 0.6) is 0 Å². The van der Waals surface area contributed by atoms with Gasteiger partial charge in [0.25, 0.3) is 0 Å². The third-order valence-corrected chi connectivity index (χ3v) is 5.43. The third-order valence-electron chi connectivity index (χ3n) is 5.43. The Kier molecular flexibility index (Phi) is 8.73. The van der Waals surface area contributed by atoms with Gasteiger partial charge in [0, 0.05) is 59.4 Å². The Bertz CT molecular complexity index is 621. The molecule has 0 bridgehead atoms. The van der Waals surface area contributed by atoms with E-state index >= 15 is 0 Å². The standard InChI is InChI=1S/C22H37N5O2/c1-18-15-27(16-19(2)29-18)17-21-6-4-20(5-7-21)14-25-22(23-3)24-8-9-26-10-12-28-13-11-26/h4-7,18-19H,8-17H2,1-3H3,(H2,23,24,25). The molecule has 2 fully saturated rings. The molecule has 3 rings (SSSR count). The molecule has 7 heteroatoms. The zero-order chi connectivity index (χ0) is 20.5. The van der Waals surface area contributed by atoms with Crippen LogP contribution in [0, 0.1) is 0 Å². The molecule has 0 amide bonds. The quantitative estimate of drug-likeness (QED) is 0.529. The molecule has 2 aliphatic rings. The smallest absolute Gasteiger partial charge is 0.191 e. The van der Waals surface area contributed by atoms with E-state index in [0.29, 0.717) is 12.2 Å². The van der Waals surface area contributed by atoms with E-state index < -0.39 is 0 Å². The van der Waals surface area contributed by atoms with Crippen LogP contribution >= 0.6 is 0 Å². The van der Waals surface area contributed by atoms with Gasteiger partial charge < -0.3 is 20.1 Å². The number of aliphatic imine (C=N–C) groups is 1. The summed E-state index contributed by atoms with van der Waals surface area (Å²) in [6.07, 6.45) is 0.620. The molecule has 0 aliphatic carbocycles. The first-order valence-electron chi connectivity index (χ1n) is 10.8. The van der Waals surface area contributed by atoms with Crippen LogP contribution in [-0.4, -0.2) is 87.5 Å². The highest BCUT2D eigenvalue weighted by Gasteiger charge is 2.21. The summed E-state index contributed by atoms with van der Waals surface area (Å²) in [5.41, 5.74) is 2.61. The van der Waals surface area contributed by atoms with Gasteiger partial charge in [0.1, 0.15) is 0 Å². The van der Waals surface area contributed by atoms with E-state index in [1.54, 1.807) is 0 Å². The lowest BCUT2D eigenvalue weighted by Crippen LogP contribution is -2.44. The molecule has 2 heterocycles. The van der Waals surface area contributed by atoms with Gasteiger partial charge in [-0.3, -0.25) is 14.8 Å². The molecular weight excluding hydrogens is 366 g/mol. The van der Waals surface area contributed by atoms with Crippen LogP contribution in [0.3, 0.4) is 0 Å². The second kappa shape index (κ2) is 11.5. The number of hydrogen-bond acceptors (Lipinski definition) is 5. The minimum atomic E-state index is 0.310. The highest BCUT2D eigenvalue weighted by Crippen LogP contribution is 2.14. The van der Waals surface area contributed by atoms with Crippen LogP contribution in [-0.2, 0) is 22.6 Å². The van der Waals surface area contributed by atoms with E-state index in [1.807, 2.05) is 7.05 Å². The van der Waals surface area contributed by atoms with Crippen molar-refractivity contribution in [3.8, 4) is 0 Å². The average molecular weight is 404 g/mol. The predicted molar refractivity (Wildman–Crippen MR) is 117 cm³/mol. The molecule has 2 atom stereocenters. The lowest BCUT2D eigenvalue weighted by atomic mass is 10.1. The summed E-state index contributed by atoms with van der Waals surface area (Å²) in [6.45, 7) is 13.7. The largest absolute Gasteiger partial charge is 0.379 e. The molecule has 7 nitrogen and oxygen atoms in total. The number of nitrogens with one attached hydrogen (secondary N) is 2. The molecule has 1 aromatic rings. The van der Waals surface area contributed by atoms with E-state index in [2.05, 4.69) is 63.5 Å². The SMILES string of the molecule is CN=C(NCCN1CCOCC1)NCc1ccc(CN2CC(C)OC(C)C2)cc1. The fourth-order valence-corrected chi connectivity index (χ4v) is 4.00. The summed E-state index contributed by atoms with van der Waals surface area (Å²) in [4.78, 5) is 9.22. The van der Waals surface area contributed by atoms with Crippen molar-refractivity contribution in [3.05, 3.63) is 35.4 Å². The molecule has 0 spiro atoms. The Balaban J connectivity index is 1.38. The third kappa shape index (κ3) is 7.59. The highest BCUT2D eigenvalue weighted by molar-refractivity contribution is 5.79. The van der Waals surface area contributed by atoms with Gasteiger partial charge in [-0.1, -0.05) is 24.3 Å². The minimum absolute atomic E-state index is 0.310. The number of nitrogens with zero attached hydrogens (tertiary/aromatic N) is 3. The molecule has 0 radical (unpaired) electrons. The molecule has 162 valence electrons. The predicted octanol–water partition coefficient (Wildman–Crippen LogP) is 1.29. The number of rotatable bonds is 7. The monoisotopic (exact) mass is 403 g/mol. The van der Waals surface area contributed by atoms with Gasteiger partial charge in [-0.2, -0.15) is 0 Å². The zero-order valence-electron chi connectivity index (χ0n) is 18.2. The van der Waals surface area contributed by atoms with E-state index in [1.165, 1.54) is 11.1 Å². The van der Waals surface area contributed by atoms with E-state index in [0.717, 1.165) is 71.5 Å². The van der Waals surface area contributed by atoms with Crippen molar-refractivity contribution < 1.29 is 9.47 Å². The topological polar surface area (TPSA) is 61.4 Å². The minimum Gasteiger partial charge on any atom is -0.379 e. The van der Waals surface area contributed by atoms with Crippen LogP contribution in [0.25, 0.3) is 0 Å². The molecular formula is C22H37N5O2. The molecule has 1 aromatic carbocycles. The van der Waals surface area contributed by atoms with Gasteiger partial charge in [-0.25, -0.2) is 0 Å². The van der Waals surface area contributed by atoms with Crippen molar-refractivity contribution in [1.82, 2.24) is 20.4 Å². The molecule has 29 heavy (non-hydrogen) atoms. The maximum absolute atomic E-state index is 5.83. The first-order chi connectivity index (χ1) is 14.1. The molecule has 0 aromatic heterocycles. The molecule has 2 unspecified atom stereocenters. The summed E-state index contributed by atoms with van der Waals surface area (Å²) in [6, 6.07) is 8.88. The Morgan fingerprint density at radius 1 is 1.00 bits per heavy atom. The van der Waals surface area contributed by atoms with Gasteiger partial charge in [0.05, 0.1) is 25.4 Å². The van der Waals surface area contributed by atoms with Crippen molar-refractivity contribution in [1.29, 1.82) is 0 Å². The summed E-state index contributed by atoms with van der Waals surface area (Å²) in [5, 5.41) is 6.80. The number of guanidine groups is 1. The van der Waals surface area contributed by atoms with E-state index in [9.17, 15) is 0 Å². The second-order valence-corrected chi connectivity index (χ2v) is 8.07. The second-order valence-electron chi connectivity index (χ2n) is 8.07. The highest BCUT2D eigenvalue weighted by atomic mass is 16.5. The van der Waals surface area contributed by atoms with E-state index in [4.69, 9.17) is 9.47 Å². The fourth-order valence-electron chi connectivity index (χ4n) is 4.00. The van der Waals surface area contributed by atoms with Crippen LogP contribution < -0.4 is 10.6 Å². The van der Waals surface area contributed by atoms with Crippen LogP contribution in [0.1, 0.15) is 25.0 Å². The van der Waals surface area contributed by atoms with Gasteiger partial charge in [0.2, 0.25) is 0 Å². The van der Waals surface area contributed by atoms with E-state index in [-0.39, 0.29) is 0 Å². The van der Waals surface area contributed by atoms with Crippen LogP contribution in [0.15, 0.2) is 29.3 Å². The zero-order valence-corrected chi connectivity index (χ0v) is 18.2. The summed E-state index contributed by atoms with van der Waals surface area (Å²) < 4.78 is 11.2. The lowest BCUT2D eigenvalue weighted by Gasteiger charge is -2.35. The Morgan fingerprint density at radius 2 is 1.66 bits per heavy atom. The average Bonchev–Trinajstić information content (AvgIpc) is 2.71. The molecule has 2 N–H and O–H groups in total. The van der Waals surface area contributed by atoms with Gasteiger partial charge >= 0.3 is 0 Å². The Hall–Kier alpha value is -1.67. The number of hydrogen-bond donors (Lipinski definition) is 2. The first-order valence-corrected chi connectivity index (χ1v) is 10.8. The van der Waals surface area contributed by atoms with Crippen LogP contribution in [0.4, 0.5) is 0 Å². The Labute approximate surface area is 175 Å². The fraction of sp³-hybridized carbons (Fsp3) is 0.682. The molecule has 0 saturated carbocycles. The number of ether oxygens (including phenoxy) is 2. The van der Waals surface area contributed by atoms with Crippen molar-refractivity contribution in [2.75, 3.05) is 59.5 Å². The maximum atomic E-state index is 5.83.